The summed E-state index contributed by atoms with van der Waals surface area (Å²) in [5, 5.41) is 4.35. The molecule has 3 rings (SSSR count). The van der Waals surface area contributed by atoms with E-state index >= 15 is 0 Å². The van der Waals surface area contributed by atoms with Gasteiger partial charge >= 0.3 is 0 Å². The molecule has 2 unspecified atom stereocenters. The highest BCUT2D eigenvalue weighted by atomic mass is 35.5. The normalized spacial score (nSPS) is 26.4. The standard InChI is InChI=1S/C17H23ClN2O.ClH/c1-20(11-12-3-2-4-14(18)7-12)17(21)10-13-8-15-5-6-16(9-13)19-15;/h2-4,7,13,15-16,19H,5-6,8-11H2,1H3;1H. The molecule has 1 aromatic rings. The molecule has 1 aromatic carbocycles. The van der Waals surface area contributed by atoms with Gasteiger partial charge in [-0.05, 0) is 49.3 Å². The Labute approximate surface area is 143 Å². The molecular formula is C17H24Cl2N2O. The summed E-state index contributed by atoms with van der Waals surface area (Å²) in [5.41, 5.74) is 1.09. The van der Waals surface area contributed by atoms with E-state index in [0.29, 0.717) is 31.0 Å². The fraction of sp³-hybridized carbons (Fsp3) is 0.588. The van der Waals surface area contributed by atoms with E-state index in [1.54, 1.807) is 0 Å². The lowest BCUT2D eigenvalue weighted by atomic mass is 9.89. The summed E-state index contributed by atoms with van der Waals surface area (Å²) in [5.74, 6) is 0.805. The third-order valence-electron chi connectivity index (χ3n) is 4.77. The molecular weight excluding hydrogens is 319 g/mol. The fourth-order valence-corrected chi connectivity index (χ4v) is 3.95. The van der Waals surface area contributed by atoms with Gasteiger partial charge in [-0.3, -0.25) is 4.79 Å². The minimum atomic E-state index is 0. The number of benzene rings is 1. The third kappa shape index (κ3) is 4.37. The van der Waals surface area contributed by atoms with Gasteiger partial charge in [0.15, 0.2) is 0 Å². The van der Waals surface area contributed by atoms with Gasteiger partial charge in [0.05, 0.1) is 0 Å². The molecule has 0 spiro atoms. The van der Waals surface area contributed by atoms with Crippen LogP contribution in [-0.4, -0.2) is 29.9 Å². The van der Waals surface area contributed by atoms with Gasteiger partial charge < -0.3 is 10.2 Å². The predicted molar refractivity (Wildman–Crippen MR) is 92.5 cm³/mol. The molecule has 0 saturated carbocycles. The molecule has 0 radical (unpaired) electrons. The Morgan fingerprint density at radius 1 is 1.32 bits per heavy atom. The Morgan fingerprint density at radius 3 is 2.64 bits per heavy atom. The number of hydrogen-bond donors (Lipinski definition) is 1. The number of fused-ring (bicyclic) bond motifs is 2. The van der Waals surface area contributed by atoms with Crippen LogP contribution >= 0.6 is 24.0 Å². The molecule has 2 aliphatic rings. The van der Waals surface area contributed by atoms with E-state index < -0.39 is 0 Å². The summed E-state index contributed by atoms with van der Waals surface area (Å²) in [4.78, 5) is 14.2. The maximum absolute atomic E-state index is 12.4. The number of hydrogen-bond acceptors (Lipinski definition) is 2. The molecule has 3 nitrogen and oxygen atoms in total. The lowest BCUT2D eigenvalue weighted by Crippen LogP contribution is -2.39. The summed E-state index contributed by atoms with van der Waals surface area (Å²) < 4.78 is 0. The summed E-state index contributed by atoms with van der Waals surface area (Å²) >= 11 is 5.99. The van der Waals surface area contributed by atoms with Crippen LogP contribution in [0.5, 0.6) is 0 Å². The van der Waals surface area contributed by atoms with Gasteiger partial charge in [0.1, 0.15) is 0 Å². The van der Waals surface area contributed by atoms with Crippen LogP contribution < -0.4 is 5.32 Å². The van der Waals surface area contributed by atoms with Crippen molar-refractivity contribution in [2.75, 3.05) is 7.05 Å². The van der Waals surface area contributed by atoms with Crippen molar-refractivity contribution in [2.45, 2.75) is 50.7 Å². The monoisotopic (exact) mass is 342 g/mol. The number of piperidine rings is 1. The second-order valence-electron chi connectivity index (χ2n) is 6.56. The van der Waals surface area contributed by atoms with E-state index in [2.05, 4.69) is 5.32 Å². The molecule has 5 heteroatoms. The fourth-order valence-electron chi connectivity index (χ4n) is 3.74. The number of carbonyl (C=O) groups excluding carboxylic acids is 1. The third-order valence-corrected chi connectivity index (χ3v) is 5.00. The average molecular weight is 343 g/mol. The molecule has 2 saturated heterocycles. The lowest BCUT2D eigenvalue weighted by Gasteiger charge is -2.30. The van der Waals surface area contributed by atoms with Gasteiger partial charge in [-0.25, -0.2) is 0 Å². The second-order valence-corrected chi connectivity index (χ2v) is 7.00. The van der Waals surface area contributed by atoms with Crippen molar-refractivity contribution in [1.82, 2.24) is 10.2 Å². The van der Waals surface area contributed by atoms with Crippen molar-refractivity contribution < 1.29 is 4.79 Å². The lowest BCUT2D eigenvalue weighted by molar-refractivity contribution is -0.131. The van der Waals surface area contributed by atoms with Crippen molar-refractivity contribution in [1.29, 1.82) is 0 Å². The number of halogens is 2. The van der Waals surface area contributed by atoms with Crippen LogP contribution in [-0.2, 0) is 11.3 Å². The van der Waals surface area contributed by atoms with E-state index in [0.717, 1.165) is 23.4 Å². The van der Waals surface area contributed by atoms with Crippen molar-refractivity contribution in [3.63, 3.8) is 0 Å². The summed E-state index contributed by atoms with van der Waals surface area (Å²) in [6, 6.07) is 9.04. The van der Waals surface area contributed by atoms with Crippen LogP contribution in [0.2, 0.25) is 5.02 Å². The molecule has 2 atom stereocenters. The highest BCUT2D eigenvalue weighted by molar-refractivity contribution is 6.30. The first-order chi connectivity index (χ1) is 10.1. The van der Waals surface area contributed by atoms with Crippen LogP contribution in [0.3, 0.4) is 0 Å². The Bertz CT molecular complexity index is 511. The first kappa shape index (κ1) is 17.6. The maximum Gasteiger partial charge on any atom is 0.222 e. The molecule has 2 bridgehead atoms. The molecule has 2 fully saturated rings. The van der Waals surface area contributed by atoms with Gasteiger partial charge in [-0.15, -0.1) is 12.4 Å². The quantitative estimate of drug-likeness (QED) is 0.905. The first-order valence-electron chi connectivity index (χ1n) is 7.84. The van der Waals surface area contributed by atoms with Crippen LogP contribution in [0.25, 0.3) is 0 Å². The van der Waals surface area contributed by atoms with E-state index in [-0.39, 0.29) is 18.3 Å². The van der Waals surface area contributed by atoms with Gasteiger partial charge in [0, 0.05) is 37.1 Å². The van der Waals surface area contributed by atoms with Crippen LogP contribution in [0, 0.1) is 5.92 Å². The van der Waals surface area contributed by atoms with Gasteiger partial charge in [0.25, 0.3) is 0 Å². The van der Waals surface area contributed by atoms with Gasteiger partial charge in [-0.2, -0.15) is 0 Å². The molecule has 22 heavy (non-hydrogen) atoms. The molecule has 2 heterocycles. The summed E-state index contributed by atoms with van der Waals surface area (Å²) in [7, 11) is 1.89. The molecule has 1 amide bonds. The molecule has 1 N–H and O–H groups in total. The Kier molecular flexibility index (Phi) is 6.13. The largest absolute Gasteiger partial charge is 0.341 e. The first-order valence-corrected chi connectivity index (χ1v) is 8.22. The van der Waals surface area contributed by atoms with Gasteiger partial charge in [0.2, 0.25) is 5.91 Å². The van der Waals surface area contributed by atoms with Crippen LogP contribution in [0.4, 0.5) is 0 Å². The number of nitrogens with zero attached hydrogens (tertiary/aromatic N) is 1. The number of nitrogens with one attached hydrogen (secondary N) is 1. The van der Waals surface area contributed by atoms with E-state index in [1.807, 2.05) is 36.2 Å². The summed E-state index contributed by atoms with van der Waals surface area (Å²) in [6.45, 7) is 0.636. The Morgan fingerprint density at radius 2 is 2.00 bits per heavy atom. The topological polar surface area (TPSA) is 32.3 Å². The van der Waals surface area contributed by atoms with Crippen molar-refractivity contribution in [3.05, 3.63) is 34.9 Å². The van der Waals surface area contributed by atoms with Crippen LogP contribution in [0.15, 0.2) is 24.3 Å². The van der Waals surface area contributed by atoms with E-state index in [9.17, 15) is 4.79 Å². The Hall–Kier alpha value is -0.770. The van der Waals surface area contributed by atoms with E-state index in [4.69, 9.17) is 11.6 Å². The zero-order valence-corrected chi connectivity index (χ0v) is 14.5. The molecule has 2 aliphatic heterocycles. The smallest absolute Gasteiger partial charge is 0.222 e. The molecule has 0 aliphatic carbocycles. The SMILES string of the molecule is CN(Cc1cccc(Cl)c1)C(=O)CC1CC2CCC(C1)N2.Cl. The zero-order chi connectivity index (χ0) is 14.8. The van der Waals surface area contributed by atoms with Crippen molar-refractivity contribution >= 4 is 29.9 Å². The zero-order valence-electron chi connectivity index (χ0n) is 12.9. The number of carbonyl (C=O) groups is 1. The maximum atomic E-state index is 12.4. The Balaban J connectivity index is 0.00000176. The van der Waals surface area contributed by atoms with Crippen LogP contribution in [0.1, 0.15) is 37.7 Å². The second kappa shape index (κ2) is 7.67. The summed E-state index contributed by atoms with van der Waals surface area (Å²) in [6.07, 6.45) is 5.58. The predicted octanol–water partition coefficient (Wildman–Crippen LogP) is 3.64. The number of rotatable bonds is 4. The highest BCUT2D eigenvalue weighted by Crippen LogP contribution is 2.33. The van der Waals surface area contributed by atoms with Crippen molar-refractivity contribution in [2.24, 2.45) is 5.92 Å². The average Bonchev–Trinajstić information content (AvgIpc) is 2.78. The van der Waals surface area contributed by atoms with Crippen molar-refractivity contribution in [3.8, 4) is 0 Å². The molecule has 0 aromatic heterocycles. The molecule has 122 valence electrons. The minimum Gasteiger partial charge on any atom is -0.341 e. The van der Waals surface area contributed by atoms with Gasteiger partial charge in [-0.1, -0.05) is 23.7 Å². The highest BCUT2D eigenvalue weighted by Gasteiger charge is 2.34. The minimum absolute atomic E-state index is 0. The van der Waals surface area contributed by atoms with E-state index in [1.165, 1.54) is 12.8 Å². The number of amides is 1.